The summed E-state index contributed by atoms with van der Waals surface area (Å²) in [7, 11) is 1.64. The maximum atomic E-state index is 6.44. The van der Waals surface area contributed by atoms with Gasteiger partial charge in [-0.05, 0) is 25.0 Å². The van der Waals surface area contributed by atoms with Gasteiger partial charge >= 0.3 is 0 Å². The van der Waals surface area contributed by atoms with Crippen molar-refractivity contribution in [2.75, 3.05) is 7.11 Å². The molecule has 1 aliphatic rings. The van der Waals surface area contributed by atoms with E-state index in [0.717, 1.165) is 24.2 Å². The number of rotatable bonds is 4. The molecule has 0 spiro atoms. The maximum Gasteiger partial charge on any atom is 0.228 e. The van der Waals surface area contributed by atoms with Crippen molar-refractivity contribution in [1.29, 1.82) is 0 Å². The average Bonchev–Trinajstić information content (AvgIpc) is 2.96. The van der Waals surface area contributed by atoms with Gasteiger partial charge in [-0.25, -0.2) is 0 Å². The minimum atomic E-state index is -0.184. The highest BCUT2D eigenvalue weighted by Gasteiger charge is 2.30. The Hall–Kier alpha value is -1.88. The third-order valence-corrected chi connectivity index (χ3v) is 4.15. The first kappa shape index (κ1) is 14.1. The van der Waals surface area contributed by atoms with E-state index in [1.807, 2.05) is 24.3 Å². The molecule has 112 valence electrons. The molecule has 3 rings (SSSR count). The van der Waals surface area contributed by atoms with Crippen LogP contribution in [0.25, 0.3) is 11.4 Å². The van der Waals surface area contributed by atoms with Gasteiger partial charge in [0.05, 0.1) is 7.11 Å². The third kappa shape index (κ3) is 3.24. The van der Waals surface area contributed by atoms with Crippen LogP contribution in [0.5, 0.6) is 5.75 Å². The van der Waals surface area contributed by atoms with Gasteiger partial charge in [0, 0.05) is 17.5 Å². The molecule has 0 amide bonds. The van der Waals surface area contributed by atoms with E-state index in [0.29, 0.717) is 18.1 Å². The summed E-state index contributed by atoms with van der Waals surface area (Å²) in [6.07, 6.45) is 6.37. The fraction of sp³-hybridized carbons (Fsp3) is 0.500. The van der Waals surface area contributed by atoms with Gasteiger partial charge in [-0.15, -0.1) is 0 Å². The van der Waals surface area contributed by atoms with E-state index in [1.54, 1.807) is 7.11 Å². The van der Waals surface area contributed by atoms with Crippen LogP contribution in [0.2, 0.25) is 0 Å². The Morgan fingerprint density at radius 3 is 2.86 bits per heavy atom. The zero-order valence-corrected chi connectivity index (χ0v) is 12.3. The Morgan fingerprint density at radius 1 is 1.29 bits per heavy atom. The molecule has 5 nitrogen and oxygen atoms in total. The van der Waals surface area contributed by atoms with E-state index in [9.17, 15) is 0 Å². The van der Waals surface area contributed by atoms with Crippen LogP contribution < -0.4 is 10.5 Å². The summed E-state index contributed by atoms with van der Waals surface area (Å²) in [5.41, 5.74) is 7.14. The number of methoxy groups -OCH3 is 1. The number of benzene rings is 1. The molecule has 1 aromatic heterocycles. The molecule has 0 atom stereocenters. The van der Waals surface area contributed by atoms with E-state index in [1.165, 1.54) is 19.3 Å². The summed E-state index contributed by atoms with van der Waals surface area (Å²) in [5.74, 6) is 1.99. The number of nitrogens with zero attached hydrogens (tertiary/aromatic N) is 2. The first-order valence-electron chi connectivity index (χ1n) is 7.44. The highest BCUT2D eigenvalue weighted by Crippen LogP contribution is 2.29. The first-order valence-corrected chi connectivity index (χ1v) is 7.44. The lowest BCUT2D eigenvalue weighted by molar-refractivity contribution is 0.261. The summed E-state index contributed by atoms with van der Waals surface area (Å²) in [6.45, 7) is 0. The van der Waals surface area contributed by atoms with Crippen molar-refractivity contribution in [3.63, 3.8) is 0 Å². The minimum Gasteiger partial charge on any atom is -0.497 e. The number of nitrogens with two attached hydrogens (primary N) is 1. The molecule has 0 aliphatic heterocycles. The van der Waals surface area contributed by atoms with Crippen LogP contribution >= 0.6 is 0 Å². The van der Waals surface area contributed by atoms with Gasteiger partial charge in [0.25, 0.3) is 0 Å². The maximum absolute atomic E-state index is 6.44. The molecule has 0 saturated heterocycles. The van der Waals surface area contributed by atoms with Crippen LogP contribution in [0.1, 0.15) is 38.0 Å². The molecule has 1 aromatic carbocycles. The van der Waals surface area contributed by atoms with Crippen molar-refractivity contribution in [1.82, 2.24) is 10.1 Å². The summed E-state index contributed by atoms with van der Waals surface area (Å²) < 4.78 is 10.6. The Morgan fingerprint density at radius 2 is 2.10 bits per heavy atom. The van der Waals surface area contributed by atoms with Gasteiger partial charge in [-0.2, -0.15) is 4.98 Å². The summed E-state index contributed by atoms with van der Waals surface area (Å²) >= 11 is 0. The lowest BCUT2D eigenvalue weighted by Crippen LogP contribution is -2.43. The zero-order valence-electron chi connectivity index (χ0n) is 12.3. The van der Waals surface area contributed by atoms with Crippen molar-refractivity contribution in [2.24, 2.45) is 5.73 Å². The fourth-order valence-corrected chi connectivity index (χ4v) is 2.94. The number of hydrogen-bond donors (Lipinski definition) is 1. The number of ether oxygens (including phenoxy) is 1. The molecule has 1 fully saturated rings. The van der Waals surface area contributed by atoms with E-state index < -0.39 is 0 Å². The van der Waals surface area contributed by atoms with Crippen molar-refractivity contribution >= 4 is 0 Å². The van der Waals surface area contributed by atoms with Gasteiger partial charge in [0.2, 0.25) is 11.7 Å². The van der Waals surface area contributed by atoms with Crippen molar-refractivity contribution < 1.29 is 9.26 Å². The molecule has 0 unspecified atom stereocenters. The largest absolute Gasteiger partial charge is 0.497 e. The molecule has 2 N–H and O–H groups in total. The quantitative estimate of drug-likeness (QED) is 0.935. The van der Waals surface area contributed by atoms with Gasteiger partial charge in [-0.3, -0.25) is 0 Å². The zero-order chi connectivity index (χ0) is 14.7. The predicted octanol–water partition coefficient (Wildman–Crippen LogP) is 2.95. The average molecular weight is 287 g/mol. The molecule has 1 saturated carbocycles. The van der Waals surface area contributed by atoms with Gasteiger partial charge < -0.3 is 15.0 Å². The van der Waals surface area contributed by atoms with Crippen LogP contribution in [0.15, 0.2) is 28.8 Å². The lowest BCUT2D eigenvalue weighted by Gasteiger charge is -2.31. The first-order chi connectivity index (χ1) is 10.2. The van der Waals surface area contributed by atoms with E-state index in [4.69, 9.17) is 15.0 Å². The SMILES string of the molecule is COc1cccc(-c2noc(CC3(N)CCCCC3)n2)c1. The van der Waals surface area contributed by atoms with E-state index in [-0.39, 0.29) is 5.54 Å². The topological polar surface area (TPSA) is 74.2 Å². The smallest absolute Gasteiger partial charge is 0.228 e. The second kappa shape index (κ2) is 5.85. The second-order valence-electron chi connectivity index (χ2n) is 5.84. The molecular formula is C16H21N3O2. The van der Waals surface area contributed by atoms with Crippen LogP contribution in [0, 0.1) is 0 Å². The van der Waals surface area contributed by atoms with Crippen molar-refractivity contribution in [3.05, 3.63) is 30.2 Å². The Labute approximate surface area is 124 Å². The normalized spacial score (nSPS) is 17.6. The number of hydrogen-bond acceptors (Lipinski definition) is 5. The molecule has 2 aromatic rings. The van der Waals surface area contributed by atoms with E-state index >= 15 is 0 Å². The molecule has 0 radical (unpaired) electrons. The van der Waals surface area contributed by atoms with Crippen LogP contribution in [0.4, 0.5) is 0 Å². The van der Waals surface area contributed by atoms with Crippen LogP contribution in [-0.4, -0.2) is 22.8 Å². The van der Waals surface area contributed by atoms with Crippen molar-refractivity contribution in [3.8, 4) is 17.1 Å². The molecular weight excluding hydrogens is 266 g/mol. The highest BCUT2D eigenvalue weighted by molar-refractivity contribution is 5.56. The summed E-state index contributed by atoms with van der Waals surface area (Å²) in [4.78, 5) is 4.48. The van der Waals surface area contributed by atoms with Crippen LogP contribution in [-0.2, 0) is 6.42 Å². The summed E-state index contributed by atoms with van der Waals surface area (Å²) in [5, 5.41) is 4.06. The third-order valence-electron chi connectivity index (χ3n) is 4.15. The highest BCUT2D eigenvalue weighted by atomic mass is 16.5. The monoisotopic (exact) mass is 287 g/mol. The van der Waals surface area contributed by atoms with Gasteiger partial charge in [0.1, 0.15) is 5.75 Å². The molecule has 1 aliphatic carbocycles. The lowest BCUT2D eigenvalue weighted by atomic mass is 9.80. The van der Waals surface area contributed by atoms with Gasteiger partial charge in [-0.1, -0.05) is 36.6 Å². The fourth-order valence-electron chi connectivity index (χ4n) is 2.94. The molecule has 1 heterocycles. The minimum absolute atomic E-state index is 0.184. The van der Waals surface area contributed by atoms with Crippen molar-refractivity contribution in [2.45, 2.75) is 44.1 Å². The molecule has 21 heavy (non-hydrogen) atoms. The predicted molar refractivity (Wildman–Crippen MR) is 80.0 cm³/mol. The summed E-state index contributed by atoms with van der Waals surface area (Å²) in [6, 6.07) is 7.64. The standard InChI is InChI=1S/C16H21N3O2/c1-20-13-7-5-6-12(10-13)15-18-14(21-19-15)11-16(17)8-3-2-4-9-16/h5-7,10H,2-4,8-9,11,17H2,1H3. The Kier molecular flexibility index (Phi) is 3.92. The number of aromatic nitrogens is 2. The van der Waals surface area contributed by atoms with E-state index in [2.05, 4.69) is 10.1 Å². The molecule has 5 heteroatoms. The van der Waals surface area contributed by atoms with Crippen LogP contribution in [0.3, 0.4) is 0 Å². The Bertz CT molecular complexity index is 603. The second-order valence-corrected chi connectivity index (χ2v) is 5.84. The van der Waals surface area contributed by atoms with Gasteiger partial charge in [0.15, 0.2) is 0 Å². The Balaban J connectivity index is 1.76. The molecule has 0 bridgehead atoms.